The summed E-state index contributed by atoms with van der Waals surface area (Å²) < 4.78 is 10.9. The number of fused-ring (bicyclic) bond motifs is 1. The second-order valence-electron chi connectivity index (χ2n) is 6.82. The Morgan fingerprint density at radius 3 is 2.91 bits per heavy atom. The summed E-state index contributed by atoms with van der Waals surface area (Å²) in [5.74, 6) is 0.500. The van der Waals surface area contributed by atoms with Gasteiger partial charge in [-0.25, -0.2) is 4.98 Å². The van der Waals surface area contributed by atoms with E-state index in [1.54, 1.807) is 0 Å². The van der Waals surface area contributed by atoms with E-state index in [1.807, 2.05) is 6.07 Å². The first kappa shape index (κ1) is 15.0. The van der Waals surface area contributed by atoms with Gasteiger partial charge in [0, 0.05) is 6.61 Å². The Morgan fingerprint density at radius 1 is 1.41 bits per heavy atom. The van der Waals surface area contributed by atoms with Crippen molar-refractivity contribution in [2.45, 2.75) is 39.2 Å². The van der Waals surface area contributed by atoms with Crippen molar-refractivity contribution in [1.29, 1.82) is 0 Å². The molecular formula is C17H22N2O3. The number of hydrogen-bond donors (Lipinski definition) is 1. The van der Waals surface area contributed by atoms with Gasteiger partial charge in [-0.2, -0.15) is 0 Å². The highest BCUT2D eigenvalue weighted by Crippen LogP contribution is 2.26. The summed E-state index contributed by atoms with van der Waals surface area (Å²) in [5.41, 5.74) is 2.87. The van der Waals surface area contributed by atoms with Gasteiger partial charge in [-0.05, 0) is 29.5 Å². The smallest absolute Gasteiger partial charge is 0.225 e. The van der Waals surface area contributed by atoms with Crippen molar-refractivity contribution >= 4 is 17.0 Å². The van der Waals surface area contributed by atoms with Gasteiger partial charge in [0.05, 0.1) is 19.1 Å². The van der Waals surface area contributed by atoms with Crippen LogP contribution in [0.4, 0.5) is 0 Å². The lowest BCUT2D eigenvalue weighted by Crippen LogP contribution is -2.30. The summed E-state index contributed by atoms with van der Waals surface area (Å²) in [6.45, 7) is 7.98. The Bertz CT molecular complexity index is 679. The largest absolute Gasteiger partial charge is 0.439 e. The fraction of sp³-hybridized carbons (Fsp3) is 0.529. The third kappa shape index (κ3) is 3.14. The third-order valence-corrected chi connectivity index (χ3v) is 4.01. The highest BCUT2D eigenvalue weighted by Gasteiger charge is 2.23. The molecule has 118 valence electrons. The molecule has 5 heteroatoms. The minimum absolute atomic E-state index is 0.00939. The SMILES string of the molecule is CC(C)(C)c1ccc2oc(CNC(=O)[C@@H]3CCOC3)nc2c1. The molecule has 0 spiro atoms. The van der Waals surface area contributed by atoms with E-state index in [0.717, 1.165) is 17.5 Å². The molecule has 0 bridgehead atoms. The van der Waals surface area contributed by atoms with Crippen LogP contribution >= 0.6 is 0 Å². The van der Waals surface area contributed by atoms with Crippen LogP contribution in [0.15, 0.2) is 22.6 Å². The average molecular weight is 302 g/mol. The van der Waals surface area contributed by atoms with Gasteiger partial charge in [-0.3, -0.25) is 4.79 Å². The number of amides is 1. The number of oxazole rings is 1. The molecule has 1 fully saturated rings. The third-order valence-electron chi connectivity index (χ3n) is 4.01. The Balaban J connectivity index is 1.70. The van der Waals surface area contributed by atoms with Crippen LogP contribution in [0.5, 0.6) is 0 Å². The molecule has 5 nitrogen and oxygen atoms in total. The second kappa shape index (κ2) is 5.72. The van der Waals surface area contributed by atoms with E-state index in [-0.39, 0.29) is 17.2 Å². The lowest BCUT2D eigenvalue weighted by Gasteiger charge is -2.18. The second-order valence-corrected chi connectivity index (χ2v) is 6.82. The topological polar surface area (TPSA) is 64.4 Å². The van der Waals surface area contributed by atoms with Crippen molar-refractivity contribution in [2.24, 2.45) is 5.92 Å². The molecule has 22 heavy (non-hydrogen) atoms. The van der Waals surface area contributed by atoms with Crippen molar-refractivity contribution < 1.29 is 13.9 Å². The van der Waals surface area contributed by atoms with E-state index >= 15 is 0 Å². The zero-order valence-corrected chi connectivity index (χ0v) is 13.3. The standard InChI is InChI=1S/C17H22N2O3/c1-17(2,3)12-4-5-14-13(8-12)19-15(22-14)9-18-16(20)11-6-7-21-10-11/h4-5,8,11H,6-7,9-10H2,1-3H3,(H,18,20)/t11-/m1/s1. The van der Waals surface area contributed by atoms with E-state index in [1.165, 1.54) is 5.56 Å². The molecule has 3 rings (SSSR count). The maximum atomic E-state index is 12.0. The molecule has 1 amide bonds. The fourth-order valence-electron chi connectivity index (χ4n) is 2.57. The fourth-order valence-corrected chi connectivity index (χ4v) is 2.57. The van der Waals surface area contributed by atoms with Crippen molar-refractivity contribution in [3.8, 4) is 0 Å². The van der Waals surface area contributed by atoms with E-state index in [9.17, 15) is 4.79 Å². The van der Waals surface area contributed by atoms with Gasteiger partial charge in [-0.1, -0.05) is 26.8 Å². The first-order valence-electron chi connectivity index (χ1n) is 7.69. The van der Waals surface area contributed by atoms with Crippen LogP contribution in [-0.4, -0.2) is 24.1 Å². The molecule has 0 unspecified atom stereocenters. The van der Waals surface area contributed by atoms with Crippen molar-refractivity contribution in [3.63, 3.8) is 0 Å². The van der Waals surface area contributed by atoms with Crippen LogP contribution in [0.1, 0.15) is 38.6 Å². The number of benzene rings is 1. The molecule has 2 heterocycles. The Hall–Kier alpha value is -1.88. The minimum Gasteiger partial charge on any atom is -0.439 e. The molecule has 2 aromatic rings. The van der Waals surface area contributed by atoms with Gasteiger partial charge in [0.25, 0.3) is 0 Å². The molecular weight excluding hydrogens is 280 g/mol. The van der Waals surface area contributed by atoms with Crippen LogP contribution in [0.3, 0.4) is 0 Å². The minimum atomic E-state index is -0.0446. The number of nitrogens with zero attached hydrogens (tertiary/aromatic N) is 1. The lowest BCUT2D eigenvalue weighted by atomic mass is 9.87. The van der Waals surface area contributed by atoms with Gasteiger partial charge in [0.1, 0.15) is 5.52 Å². The summed E-state index contributed by atoms with van der Waals surface area (Å²) in [5, 5.41) is 2.87. The molecule has 1 N–H and O–H groups in total. The molecule has 1 aromatic heterocycles. The summed E-state index contributed by atoms with van der Waals surface area (Å²) in [7, 11) is 0. The molecule has 0 saturated carbocycles. The van der Waals surface area contributed by atoms with Crippen molar-refractivity contribution in [2.75, 3.05) is 13.2 Å². The van der Waals surface area contributed by atoms with Crippen molar-refractivity contribution in [1.82, 2.24) is 10.3 Å². The van der Waals surface area contributed by atoms with Gasteiger partial charge < -0.3 is 14.5 Å². The van der Waals surface area contributed by atoms with Gasteiger partial charge in [0.2, 0.25) is 11.8 Å². The molecule has 1 saturated heterocycles. The summed E-state index contributed by atoms with van der Waals surface area (Å²) in [4.78, 5) is 16.4. The van der Waals surface area contributed by atoms with Crippen molar-refractivity contribution in [3.05, 3.63) is 29.7 Å². The van der Waals surface area contributed by atoms with Crippen LogP contribution in [0, 0.1) is 5.92 Å². The predicted octanol–water partition coefficient (Wildman–Crippen LogP) is 2.78. The number of rotatable bonds is 3. The van der Waals surface area contributed by atoms with E-state index < -0.39 is 0 Å². The first-order chi connectivity index (χ1) is 10.4. The zero-order chi connectivity index (χ0) is 15.7. The van der Waals surface area contributed by atoms with E-state index in [4.69, 9.17) is 9.15 Å². The van der Waals surface area contributed by atoms with Gasteiger partial charge in [-0.15, -0.1) is 0 Å². The zero-order valence-electron chi connectivity index (χ0n) is 13.3. The van der Waals surface area contributed by atoms with E-state index in [2.05, 4.69) is 43.2 Å². The summed E-state index contributed by atoms with van der Waals surface area (Å²) in [6.07, 6.45) is 0.786. The highest BCUT2D eigenvalue weighted by atomic mass is 16.5. The molecule has 1 aromatic carbocycles. The molecule has 1 atom stereocenters. The number of carbonyl (C=O) groups excluding carboxylic acids is 1. The molecule has 0 radical (unpaired) electrons. The first-order valence-corrected chi connectivity index (χ1v) is 7.69. The molecule has 1 aliphatic heterocycles. The molecule has 1 aliphatic rings. The number of carbonyl (C=O) groups is 1. The van der Waals surface area contributed by atoms with Gasteiger partial charge >= 0.3 is 0 Å². The maximum absolute atomic E-state index is 12.0. The maximum Gasteiger partial charge on any atom is 0.225 e. The number of hydrogen-bond acceptors (Lipinski definition) is 4. The average Bonchev–Trinajstić information content (AvgIpc) is 3.11. The Kier molecular flexibility index (Phi) is 3.91. The number of nitrogens with one attached hydrogen (secondary N) is 1. The van der Waals surface area contributed by atoms with Crippen LogP contribution in [0.25, 0.3) is 11.1 Å². The quantitative estimate of drug-likeness (QED) is 0.947. The van der Waals surface area contributed by atoms with Crippen LogP contribution in [-0.2, 0) is 21.5 Å². The van der Waals surface area contributed by atoms with Crippen LogP contribution < -0.4 is 5.32 Å². The number of ether oxygens (including phenoxy) is 1. The molecule has 0 aliphatic carbocycles. The monoisotopic (exact) mass is 302 g/mol. The summed E-state index contributed by atoms with van der Waals surface area (Å²) in [6, 6.07) is 6.06. The van der Waals surface area contributed by atoms with Gasteiger partial charge in [0.15, 0.2) is 5.58 Å². The Labute approximate surface area is 130 Å². The Morgan fingerprint density at radius 2 is 2.23 bits per heavy atom. The highest BCUT2D eigenvalue weighted by molar-refractivity contribution is 5.79. The normalized spacial score (nSPS) is 18.8. The summed E-state index contributed by atoms with van der Waals surface area (Å²) >= 11 is 0. The number of aromatic nitrogens is 1. The van der Waals surface area contributed by atoms with E-state index in [0.29, 0.717) is 25.6 Å². The van der Waals surface area contributed by atoms with Crippen LogP contribution in [0.2, 0.25) is 0 Å². The lowest BCUT2D eigenvalue weighted by molar-refractivity contribution is -0.125. The predicted molar refractivity (Wildman–Crippen MR) is 83.5 cm³/mol.